The van der Waals surface area contributed by atoms with E-state index in [1.807, 2.05) is 60.7 Å². The Labute approximate surface area is 192 Å². The molecule has 1 unspecified atom stereocenters. The maximum Gasteiger partial charge on any atom is 0.290 e. The summed E-state index contributed by atoms with van der Waals surface area (Å²) in [5.41, 5.74) is 1.52. The molecule has 33 heavy (non-hydrogen) atoms. The lowest BCUT2D eigenvalue weighted by atomic mass is 9.98. The molecule has 1 amide bonds. The summed E-state index contributed by atoms with van der Waals surface area (Å²) in [5.74, 6) is 1.29. The Morgan fingerprint density at radius 1 is 0.879 bits per heavy atom. The van der Waals surface area contributed by atoms with Gasteiger partial charge in [0.05, 0.1) is 17.0 Å². The molecule has 2 heterocycles. The monoisotopic (exact) mass is 439 g/mol. The SMILES string of the molecule is CCCCCN1C(=O)c2oc3ccccc3c(=O)c2C1c1cccc(Oc2ccccc2)c1. The van der Waals surface area contributed by atoms with Crippen LogP contribution >= 0.6 is 0 Å². The molecule has 0 N–H and O–H groups in total. The normalized spacial score (nSPS) is 15.1. The van der Waals surface area contributed by atoms with Crippen LogP contribution in [0.3, 0.4) is 0 Å². The molecule has 5 rings (SSSR count). The molecule has 0 aliphatic carbocycles. The first kappa shape index (κ1) is 21.0. The van der Waals surface area contributed by atoms with Gasteiger partial charge in [-0.05, 0) is 48.4 Å². The lowest BCUT2D eigenvalue weighted by Crippen LogP contribution is -2.30. The van der Waals surface area contributed by atoms with Crippen LogP contribution in [0.4, 0.5) is 0 Å². The van der Waals surface area contributed by atoms with Gasteiger partial charge in [-0.15, -0.1) is 0 Å². The summed E-state index contributed by atoms with van der Waals surface area (Å²) in [6.45, 7) is 2.68. The smallest absolute Gasteiger partial charge is 0.290 e. The van der Waals surface area contributed by atoms with E-state index in [1.54, 1.807) is 23.1 Å². The van der Waals surface area contributed by atoms with Crippen LogP contribution in [-0.4, -0.2) is 17.4 Å². The number of carbonyl (C=O) groups excluding carboxylic acids is 1. The number of carbonyl (C=O) groups is 1. The van der Waals surface area contributed by atoms with Gasteiger partial charge in [0.2, 0.25) is 5.76 Å². The molecular formula is C28H25NO4. The second kappa shape index (κ2) is 8.94. The van der Waals surface area contributed by atoms with Gasteiger partial charge in [-0.3, -0.25) is 9.59 Å². The highest BCUT2D eigenvalue weighted by Crippen LogP contribution is 2.39. The van der Waals surface area contributed by atoms with Crippen molar-refractivity contribution >= 4 is 16.9 Å². The molecule has 0 saturated heterocycles. The van der Waals surface area contributed by atoms with E-state index < -0.39 is 6.04 Å². The van der Waals surface area contributed by atoms with Gasteiger partial charge in [0.1, 0.15) is 17.1 Å². The summed E-state index contributed by atoms with van der Waals surface area (Å²) in [7, 11) is 0. The number of benzene rings is 3. The van der Waals surface area contributed by atoms with Crippen LogP contribution in [0.2, 0.25) is 0 Å². The Bertz CT molecular complexity index is 1360. The zero-order chi connectivity index (χ0) is 22.8. The fourth-order valence-electron chi connectivity index (χ4n) is 4.45. The average molecular weight is 440 g/mol. The van der Waals surface area contributed by atoms with E-state index in [1.165, 1.54) is 0 Å². The Morgan fingerprint density at radius 3 is 2.45 bits per heavy atom. The van der Waals surface area contributed by atoms with E-state index in [0.717, 1.165) is 30.6 Å². The molecule has 5 nitrogen and oxygen atoms in total. The summed E-state index contributed by atoms with van der Waals surface area (Å²) >= 11 is 0. The van der Waals surface area contributed by atoms with Crippen molar-refractivity contribution < 1.29 is 13.9 Å². The fourth-order valence-corrected chi connectivity index (χ4v) is 4.45. The molecule has 4 aromatic rings. The van der Waals surface area contributed by atoms with E-state index >= 15 is 0 Å². The third-order valence-electron chi connectivity index (χ3n) is 6.03. The second-order valence-electron chi connectivity index (χ2n) is 8.27. The predicted octanol–water partition coefficient (Wildman–Crippen LogP) is 6.32. The molecule has 1 aromatic heterocycles. The van der Waals surface area contributed by atoms with Gasteiger partial charge in [0.15, 0.2) is 5.43 Å². The quantitative estimate of drug-likeness (QED) is 0.316. The summed E-state index contributed by atoms with van der Waals surface area (Å²) in [6, 6.07) is 23.7. The number of hydrogen-bond acceptors (Lipinski definition) is 4. The Morgan fingerprint density at radius 2 is 1.64 bits per heavy atom. The first-order valence-corrected chi connectivity index (χ1v) is 11.4. The highest BCUT2D eigenvalue weighted by atomic mass is 16.5. The maximum atomic E-state index is 13.5. The molecule has 3 aromatic carbocycles. The average Bonchev–Trinajstić information content (AvgIpc) is 3.12. The minimum Gasteiger partial charge on any atom is -0.457 e. The van der Waals surface area contributed by atoms with Crippen molar-refractivity contribution in [1.29, 1.82) is 0 Å². The van der Waals surface area contributed by atoms with Crippen LogP contribution in [0.1, 0.15) is 53.9 Å². The summed E-state index contributed by atoms with van der Waals surface area (Å²) in [5, 5.41) is 0.487. The highest BCUT2D eigenvalue weighted by Gasteiger charge is 2.42. The number of nitrogens with zero attached hydrogens (tertiary/aromatic N) is 1. The molecular weight excluding hydrogens is 414 g/mol. The standard InChI is InChI=1S/C28H25NO4/c1-2-3-9-17-29-25(19-11-10-14-21(18-19)32-20-12-5-4-6-13-20)24-26(30)22-15-7-8-16-23(22)33-27(24)28(29)31/h4-8,10-16,18,25H,2-3,9,17H2,1H3. The Balaban J connectivity index is 1.61. The molecule has 0 fully saturated rings. The van der Waals surface area contributed by atoms with Crippen molar-refractivity contribution in [2.24, 2.45) is 0 Å². The largest absolute Gasteiger partial charge is 0.457 e. The molecule has 1 atom stereocenters. The summed E-state index contributed by atoms with van der Waals surface area (Å²) in [6.07, 6.45) is 2.91. The van der Waals surface area contributed by atoms with Crippen LogP contribution in [-0.2, 0) is 0 Å². The highest BCUT2D eigenvalue weighted by molar-refractivity contribution is 5.99. The van der Waals surface area contributed by atoms with Crippen molar-refractivity contribution in [1.82, 2.24) is 4.90 Å². The number of amides is 1. The number of para-hydroxylation sites is 2. The van der Waals surface area contributed by atoms with Crippen molar-refractivity contribution in [3.8, 4) is 11.5 Å². The predicted molar refractivity (Wildman–Crippen MR) is 128 cm³/mol. The van der Waals surface area contributed by atoms with Crippen molar-refractivity contribution in [3.63, 3.8) is 0 Å². The Kier molecular flexibility index (Phi) is 5.69. The van der Waals surface area contributed by atoms with Gasteiger partial charge in [0.25, 0.3) is 5.91 Å². The number of rotatable bonds is 7. The van der Waals surface area contributed by atoms with Crippen LogP contribution in [0.15, 0.2) is 88.1 Å². The van der Waals surface area contributed by atoms with E-state index in [4.69, 9.17) is 9.15 Å². The molecule has 5 heteroatoms. The zero-order valence-electron chi connectivity index (χ0n) is 18.5. The Hall–Kier alpha value is -3.86. The maximum absolute atomic E-state index is 13.5. The number of ether oxygens (including phenoxy) is 1. The lowest BCUT2D eigenvalue weighted by Gasteiger charge is -2.25. The second-order valence-corrected chi connectivity index (χ2v) is 8.27. The number of fused-ring (bicyclic) bond motifs is 2. The first-order valence-electron chi connectivity index (χ1n) is 11.4. The number of hydrogen-bond donors (Lipinski definition) is 0. The molecule has 0 saturated carbocycles. The van der Waals surface area contributed by atoms with Crippen molar-refractivity contribution in [2.45, 2.75) is 32.2 Å². The molecule has 0 spiro atoms. The van der Waals surface area contributed by atoms with E-state index in [0.29, 0.717) is 28.8 Å². The minimum atomic E-state index is -0.510. The topological polar surface area (TPSA) is 59.8 Å². The molecule has 0 bridgehead atoms. The third-order valence-corrected chi connectivity index (χ3v) is 6.03. The van der Waals surface area contributed by atoms with Gasteiger partial charge in [-0.2, -0.15) is 0 Å². The van der Waals surface area contributed by atoms with E-state index in [-0.39, 0.29) is 17.1 Å². The van der Waals surface area contributed by atoms with Crippen LogP contribution < -0.4 is 10.2 Å². The summed E-state index contributed by atoms with van der Waals surface area (Å²) < 4.78 is 12.0. The van der Waals surface area contributed by atoms with E-state index in [2.05, 4.69) is 6.92 Å². The minimum absolute atomic E-state index is 0.148. The van der Waals surface area contributed by atoms with Crippen LogP contribution in [0.25, 0.3) is 11.0 Å². The van der Waals surface area contributed by atoms with Crippen molar-refractivity contribution in [2.75, 3.05) is 6.54 Å². The van der Waals surface area contributed by atoms with Gasteiger partial charge in [-0.1, -0.05) is 62.2 Å². The van der Waals surface area contributed by atoms with Gasteiger partial charge in [-0.25, -0.2) is 0 Å². The zero-order valence-corrected chi connectivity index (χ0v) is 18.5. The lowest BCUT2D eigenvalue weighted by molar-refractivity contribution is 0.0724. The van der Waals surface area contributed by atoms with Crippen LogP contribution in [0.5, 0.6) is 11.5 Å². The molecule has 1 aliphatic heterocycles. The third kappa shape index (κ3) is 3.91. The first-order chi connectivity index (χ1) is 16.2. The number of unbranched alkanes of at least 4 members (excludes halogenated alkanes) is 2. The fraction of sp³-hybridized carbons (Fsp3) is 0.214. The molecule has 0 radical (unpaired) electrons. The summed E-state index contributed by atoms with van der Waals surface area (Å²) in [4.78, 5) is 28.7. The van der Waals surface area contributed by atoms with Crippen molar-refractivity contribution in [3.05, 3.63) is 106 Å². The van der Waals surface area contributed by atoms with E-state index in [9.17, 15) is 9.59 Å². The molecule has 166 valence electrons. The van der Waals surface area contributed by atoms with Gasteiger partial charge in [0, 0.05) is 6.54 Å². The molecule has 1 aliphatic rings. The van der Waals surface area contributed by atoms with Gasteiger partial charge < -0.3 is 14.1 Å². The van der Waals surface area contributed by atoms with Crippen LogP contribution in [0, 0.1) is 0 Å². The van der Waals surface area contributed by atoms with Gasteiger partial charge >= 0.3 is 0 Å².